The Balaban J connectivity index is 2.68. The Kier molecular flexibility index (Phi) is 4.66. The highest BCUT2D eigenvalue weighted by Gasteiger charge is 2.68. The highest BCUT2D eigenvalue weighted by molar-refractivity contribution is 8.45. The van der Waals surface area contributed by atoms with Crippen LogP contribution in [0.3, 0.4) is 0 Å². The molecule has 0 unspecified atom stereocenters. The summed E-state index contributed by atoms with van der Waals surface area (Å²) in [6.45, 7) is -0.284. The lowest BCUT2D eigenvalue weighted by molar-refractivity contribution is -0.00324. The predicted octanol–water partition coefficient (Wildman–Crippen LogP) is 6.27. The maximum atomic E-state index is 13.5. The molecule has 0 saturated carbocycles. The summed E-state index contributed by atoms with van der Waals surface area (Å²) in [7, 11) is -9.82. The van der Waals surface area contributed by atoms with E-state index in [1.165, 1.54) is 48.5 Å². The molecule has 0 amide bonds. The second kappa shape index (κ2) is 6.04. The third-order valence-corrected chi connectivity index (χ3v) is 4.50. The van der Waals surface area contributed by atoms with Gasteiger partial charge in [0, 0.05) is 6.42 Å². The molecule has 2 rings (SSSR count). The molecule has 0 aliphatic carbocycles. The average molecular weight is 376 g/mol. The van der Waals surface area contributed by atoms with Gasteiger partial charge in [0.15, 0.2) is 0 Å². The maximum absolute atomic E-state index is 13.5. The minimum atomic E-state index is -9.82. The Morgan fingerprint density at radius 2 is 1.28 bits per heavy atom. The normalized spacial score (nSPS) is 15.0. The lowest BCUT2D eigenvalue weighted by Crippen LogP contribution is -2.40. The molecular weight excluding hydrogens is 359 g/mol. The largest absolute Gasteiger partial charge is 0.363 e. The van der Waals surface area contributed by atoms with Gasteiger partial charge in [-0.25, -0.2) is 0 Å². The van der Waals surface area contributed by atoms with Crippen molar-refractivity contribution >= 4 is 10.2 Å². The molecule has 0 spiro atoms. The summed E-state index contributed by atoms with van der Waals surface area (Å²) in [6.07, 6.45) is 5.12. The fourth-order valence-corrected chi connectivity index (χ4v) is 3.81. The number of ether oxygens (including phenoxy) is 1. The van der Waals surface area contributed by atoms with Crippen molar-refractivity contribution in [3.05, 3.63) is 71.8 Å². The average Bonchev–Trinajstić information content (AvgIpc) is 2.53. The van der Waals surface area contributed by atoms with Crippen molar-refractivity contribution in [3.8, 4) is 12.3 Å². The van der Waals surface area contributed by atoms with E-state index in [1.54, 1.807) is 12.1 Å². The van der Waals surface area contributed by atoms with Gasteiger partial charge in [0.1, 0.15) is 11.4 Å². The van der Waals surface area contributed by atoms with Crippen molar-refractivity contribution < 1.29 is 24.2 Å². The molecule has 2 aromatic carbocycles. The van der Waals surface area contributed by atoms with E-state index < -0.39 is 21.6 Å². The molecule has 0 aliphatic heterocycles. The number of hydrogen-bond donors (Lipinski definition) is 0. The molecule has 136 valence electrons. The van der Waals surface area contributed by atoms with Crippen LogP contribution in [0, 0.1) is 12.3 Å². The summed E-state index contributed by atoms with van der Waals surface area (Å²) in [5.41, 5.74) is -2.39. The first-order valence-corrected chi connectivity index (χ1v) is 9.49. The Bertz CT molecular complexity index is 712. The van der Waals surface area contributed by atoms with Gasteiger partial charge >= 0.3 is 0 Å². The van der Waals surface area contributed by atoms with E-state index in [9.17, 15) is 19.4 Å². The van der Waals surface area contributed by atoms with E-state index in [-0.39, 0.29) is 24.2 Å². The van der Waals surface area contributed by atoms with Crippen LogP contribution in [-0.2, 0) is 10.3 Å². The molecule has 0 heterocycles. The number of hydrogen-bond acceptors (Lipinski definition) is 1. The fraction of sp³-hybridized carbons (Fsp3) is 0.222. The molecule has 2 aromatic rings. The van der Waals surface area contributed by atoms with Crippen LogP contribution < -0.4 is 0 Å². The zero-order valence-electron chi connectivity index (χ0n) is 13.2. The van der Waals surface area contributed by atoms with Gasteiger partial charge in [0.05, 0.1) is 6.61 Å². The van der Waals surface area contributed by atoms with Crippen LogP contribution in [0.2, 0.25) is 0 Å². The van der Waals surface area contributed by atoms with E-state index in [4.69, 9.17) is 11.2 Å². The molecule has 0 N–H and O–H groups in total. The van der Waals surface area contributed by atoms with Gasteiger partial charge in [-0.2, -0.15) is 0 Å². The van der Waals surface area contributed by atoms with E-state index in [1.807, 2.05) is 0 Å². The SMILES string of the molecule is C#CCCOC(CS(F)(F)(F)(F)F)(c1ccccc1)c1ccccc1. The standard InChI is InChI=1S/C18H17F5OS/c1-2-3-14-24-18(15-25(19,20,21,22)23,16-10-6-4-7-11-16)17-12-8-5-9-13-17/h1,4-13H,3,14-15H2. The van der Waals surface area contributed by atoms with Gasteiger partial charge in [0.2, 0.25) is 0 Å². The highest BCUT2D eigenvalue weighted by Crippen LogP contribution is 2.98. The smallest absolute Gasteiger partial charge is 0.289 e. The van der Waals surface area contributed by atoms with Gasteiger partial charge in [-0.3, -0.25) is 0 Å². The monoisotopic (exact) mass is 376 g/mol. The van der Waals surface area contributed by atoms with Crippen LogP contribution in [0.4, 0.5) is 19.4 Å². The van der Waals surface area contributed by atoms with E-state index >= 15 is 0 Å². The lowest BCUT2D eigenvalue weighted by atomic mass is 9.87. The second-order valence-electron chi connectivity index (χ2n) is 5.63. The van der Waals surface area contributed by atoms with E-state index in [2.05, 4.69) is 5.92 Å². The molecule has 0 radical (unpaired) electrons. The van der Waals surface area contributed by atoms with Crippen molar-refractivity contribution in [2.75, 3.05) is 12.4 Å². The Morgan fingerprint density at radius 3 is 1.64 bits per heavy atom. The first-order valence-electron chi connectivity index (χ1n) is 7.37. The molecule has 25 heavy (non-hydrogen) atoms. The molecule has 0 fully saturated rings. The summed E-state index contributed by atoms with van der Waals surface area (Å²) in [6, 6.07) is 14.4. The minimum Gasteiger partial charge on any atom is -0.363 e. The van der Waals surface area contributed by atoms with Crippen LogP contribution in [-0.4, -0.2) is 12.4 Å². The van der Waals surface area contributed by atoms with Crippen LogP contribution in [0.5, 0.6) is 0 Å². The molecule has 0 aliphatic rings. The number of terminal acetylenes is 1. The highest BCUT2D eigenvalue weighted by atomic mass is 32.5. The van der Waals surface area contributed by atoms with Gasteiger partial charge in [0.25, 0.3) is 10.2 Å². The molecule has 1 nitrogen and oxygen atoms in total. The molecule has 0 aromatic heterocycles. The molecule has 7 heteroatoms. The number of benzene rings is 2. The van der Waals surface area contributed by atoms with Gasteiger partial charge in [-0.15, -0.1) is 12.3 Å². The first kappa shape index (κ1) is 19.3. The summed E-state index contributed by atoms with van der Waals surface area (Å²) in [5, 5.41) is 0. The third-order valence-electron chi connectivity index (χ3n) is 3.55. The molecule has 0 bridgehead atoms. The lowest BCUT2D eigenvalue weighted by Gasteiger charge is -2.48. The molecule has 0 atom stereocenters. The molecular formula is C18H17F5OS. The van der Waals surface area contributed by atoms with Gasteiger partial charge in [-0.1, -0.05) is 80.1 Å². The fourth-order valence-electron chi connectivity index (χ4n) is 2.62. The predicted molar refractivity (Wildman–Crippen MR) is 91.1 cm³/mol. The second-order valence-corrected chi connectivity index (χ2v) is 8.18. The molecule has 0 saturated heterocycles. The van der Waals surface area contributed by atoms with Gasteiger partial charge < -0.3 is 4.74 Å². The van der Waals surface area contributed by atoms with Gasteiger partial charge in [-0.05, 0) is 11.1 Å². The zero-order valence-corrected chi connectivity index (χ0v) is 14.0. The number of halogens is 5. The van der Waals surface area contributed by atoms with Crippen LogP contribution in [0.25, 0.3) is 0 Å². The van der Waals surface area contributed by atoms with E-state index in [0.29, 0.717) is 0 Å². The van der Waals surface area contributed by atoms with Crippen molar-refractivity contribution in [1.29, 1.82) is 0 Å². The first-order chi connectivity index (χ1) is 11.5. The topological polar surface area (TPSA) is 9.23 Å². The van der Waals surface area contributed by atoms with Crippen LogP contribution >= 0.6 is 10.2 Å². The van der Waals surface area contributed by atoms with Crippen molar-refractivity contribution in [2.45, 2.75) is 12.0 Å². The Morgan fingerprint density at radius 1 is 0.840 bits per heavy atom. The number of rotatable bonds is 7. The Hall–Kier alpha value is -2.04. The minimum absolute atomic E-state index is 0.00172. The third kappa shape index (κ3) is 5.48. The quantitative estimate of drug-likeness (QED) is 0.314. The summed E-state index contributed by atoms with van der Waals surface area (Å²) in [4.78, 5) is 0. The van der Waals surface area contributed by atoms with Crippen LogP contribution in [0.1, 0.15) is 17.5 Å². The maximum Gasteiger partial charge on any atom is 0.289 e. The summed E-state index contributed by atoms with van der Waals surface area (Å²) in [5.74, 6) is -0.156. The van der Waals surface area contributed by atoms with Crippen LogP contribution in [0.15, 0.2) is 60.7 Å². The zero-order chi connectivity index (χ0) is 18.7. The van der Waals surface area contributed by atoms with Crippen molar-refractivity contribution in [2.24, 2.45) is 0 Å². The Labute approximate surface area is 143 Å². The van der Waals surface area contributed by atoms with Crippen molar-refractivity contribution in [3.63, 3.8) is 0 Å². The summed E-state index contributed by atoms with van der Waals surface area (Å²) >= 11 is 0. The summed E-state index contributed by atoms with van der Waals surface area (Å²) < 4.78 is 72.8. The van der Waals surface area contributed by atoms with Crippen molar-refractivity contribution in [1.82, 2.24) is 0 Å². The van der Waals surface area contributed by atoms with E-state index in [0.717, 1.165) is 0 Å².